The summed E-state index contributed by atoms with van der Waals surface area (Å²) in [7, 11) is -3.77. The fourth-order valence-electron chi connectivity index (χ4n) is 2.88. The summed E-state index contributed by atoms with van der Waals surface area (Å²) in [5, 5.41) is 9.09. The summed E-state index contributed by atoms with van der Waals surface area (Å²) in [6, 6.07) is 6.50. The van der Waals surface area contributed by atoms with Crippen molar-refractivity contribution in [2.45, 2.75) is 50.0 Å². The number of hydrogen-bond acceptors (Lipinski definition) is 3. The number of rotatable bonds is 5. The van der Waals surface area contributed by atoms with E-state index in [1.165, 1.54) is 4.31 Å². The highest BCUT2D eigenvalue weighted by molar-refractivity contribution is 7.89. The van der Waals surface area contributed by atoms with Crippen LogP contribution in [0.1, 0.15) is 37.7 Å². The molecular formula is C15H21NO4S. The van der Waals surface area contributed by atoms with E-state index in [1.807, 2.05) is 0 Å². The molecule has 0 atom stereocenters. The Hall–Kier alpha value is -1.40. The lowest BCUT2D eigenvalue weighted by Gasteiger charge is -2.32. The first-order chi connectivity index (χ1) is 9.93. The van der Waals surface area contributed by atoms with Gasteiger partial charge in [-0.2, -0.15) is 4.31 Å². The van der Waals surface area contributed by atoms with Crippen molar-refractivity contribution < 1.29 is 18.3 Å². The van der Waals surface area contributed by atoms with Crippen molar-refractivity contribution >= 4 is 16.0 Å². The van der Waals surface area contributed by atoms with Gasteiger partial charge in [-0.05, 0) is 31.4 Å². The highest BCUT2D eigenvalue weighted by Crippen LogP contribution is 2.28. The Morgan fingerprint density at radius 2 is 1.86 bits per heavy atom. The van der Waals surface area contributed by atoms with E-state index in [-0.39, 0.29) is 10.9 Å². The molecule has 1 N–H and O–H groups in total. The highest BCUT2D eigenvalue weighted by atomic mass is 32.2. The Morgan fingerprint density at radius 1 is 1.24 bits per heavy atom. The summed E-state index contributed by atoms with van der Waals surface area (Å²) in [6.45, 7) is 1.26. The molecule has 2 rings (SSSR count). The van der Waals surface area contributed by atoms with Crippen LogP contribution in [0.25, 0.3) is 0 Å². The number of carboxylic acids is 1. The normalized spacial score (nSPS) is 17.0. The molecule has 0 unspecified atom stereocenters. The number of hydrogen-bond donors (Lipinski definition) is 1. The van der Waals surface area contributed by atoms with Gasteiger partial charge in [0.05, 0.1) is 4.90 Å². The first-order valence-corrected chi connectivity index (χ1v) is 8.66. The Kier molecular flexibility index (Phi) is 5.00. The molecule has 5 nitrogen and oxygen atoms in total. The van der Waals surface area contributed by atoms with Gasteiger partial charge >= 0.3 is 5.97 Å². The third kappa shape index (κ3) is 3.63. The monoisotopic (exact) mass is 311 g/mol. The van der Waals surface area contributed by atoms with Gasteiger partial charge in [-0.25, -0.2) is 8.42 Å². The molecule has 1 saturated carbocycles. The summed E-state index contributed by atoms with van der Waals surface area (Å²) in [5.41, 5.74) is 0.642. The number of nitrogens with zero attached hydrogens (tertiary/aromatic N) is 1. The maximum Gasteiger partial charge on any atom is 0.318 e. The van der Waals surface area contributed by atoms with Crippen LogP contribution in [-0.2, 0) is 14.8 Å². The van der Waals surface area contributed by atoms with Gasteiger partial charge in [0.15, 0.2) is 0 Å². The molecule has 1 aromatic rings. The van der Waals surface area contributed by atoms with Crippen LogP contribution in [-0.4, -0.2) is 36.4 Å². The quantitative estimate of drug-likeness (QED) is 0.906. The Morgan fingerprint density at radius 3 is 2.43 bits per heavy atom. The van der Waals surface area contributed by atoms with Gasteiger partial charge in [0.2, 0.25) is 10.0 Å². The van der Waals surface area contributed by atoms with Crippen molar-refractivity contribution in [2.24, 2.45) is 0 Å². The minimum atomic E-state index is -3.77. The summed E-state index contributed by atoms with van der Waals surface area (Å²) in [6.07, 6.45) is 4.45. The lowest BCUT2D eigenvalue weighted by molar-refractivity contribution is -0.137. The molecule has 0 aromatic heterocycles. The zero-order valence-electron chi connectivity index (χ0n) is 12.2. The second-order valence-corrected chi connectivity index (χ2v) is 7.36. The molecule has 0 saturated heterocycles. The van der Waals surface area contributed by atoms with Gasteiger partial charge in [0.1, 0.15) is 6.54 Å². The van der Waals surface area contributed by atoms with Crippen LogP contribution in [0, 0.1) is 6.92 Å². The molecular weight excluding hydrogens is 290 g/mol. The molecule has 0 bridgehead atoms. The van der Waals surface area contributed by atoms with E-state index in [0.29, 0.717) is 5.56 Å². The average molecular weight is 311 g/mol. The van der Waals surface area contributed by atoms with E-state index in [4.69, 9.17) is 5.11 Å². The molecule has 0 spiro atoms. The molecule has 1 aromatic carbocycles. The van der Waals surface area contributed by atoms with Gasteiger partial charge in [-0.3, -0.25) is 4.79 Å². The molecule has 0 heterocycles. The smallest absolute Gasteiger partial charge is 0.318 e. The zero-order chi connectivity index (χ0) is 15.5. The number of aryl methyl sites for hydroxylation is 1. The van der Waals surface area contributed by atoms with Crippen LogP contribution in [0.15, 0.2) is 29.2 Å². The summed E-state index contributed by atoms with van der Waals surface area (Å²) >= 11 is 0. The summed E-state index contributed by atoms with van der Waals surface area (Å²) in [4.78, 5) is 11.3. The third-order valence-electron chi connectivity index (χ3n) is 3.95. The Bertz CT molecular complexity index is 606. The standard InChI is InChI=1S/C15H21NO4S/c1-12-7-5-6-10-14(12)21(19,20)16(11-15(17)18)13-8-3-2-4-9-13/h5-7,10,13H,2-4,8-9,11H2,1H3,(H,17,18). The van der Waals surface area contributed by atoms with Gasteiger partial charge in [-0.15, -0.1) is 0 Å². The maximum absolute atomic E-state index is 12.9. The minimum absolute atomic E-state index is 0.205. The average Bonchev–Trinajstić information content (AvgIpc) is 2.45. The Balaban J connectivity index is 2.39. The van der Waals surface area contributed by atoms with Crippen molar-refractivity contribution in [3.63, 3.8) is 0 Å². The molecule has 0 aliphatic heterocycles. The van der Waals surface area contributed by atoms with Crippen LogP contribution in [0.5, 0.6) is 0 Å². The first kappa shape index (κ1) is 16.0. The van der Waals surface area contributed by atoms with E-state index < -0.39 is 22.5 Å². The molecule has 21 heavy (non-hydrogen) atoms. The molecule has 0 amide bonds. The molecule has 1 fully saturated rings. The van der Waals surface area contributed by atoms with Crippen molar-refractivity contribution in [1.29, 1.82) is 0 Å². The van der Waals surface area contributed by atoms with Crippen LogP contribution in [0.3, 0.4) is 0 Å². The highest BCUT2D eigenvalue weighted by Gasteiger charge is 2.34. The fraction of sp³-hybridized carbons (Fsp3) is 0.533. The number of sulfonamides is 1. The summed E-state index contributed by atoms with van der Waals surface area (Å²) in [5.74, 6) is -1.11. The van der Waals surface area contributed by atoms with Crippen LogP contribution < -0.4 is 0 Å². The van der Waals surface area contributed by atoms with Crippen molar-refractivity contribution in [1.82, 2.24) is 4.31 Å². The third-order valence-corrected chi connectivity index (χ3v) is 6.01. The molecule has 1 aliphatic carbocycles. The second-order valence-electron chi connectivity index (χ2n) is 5.50. The Labute approximate surface area is 125 Å². The minimum Gasteiger partial charge on any atom is -0.480 e. The number of benzene rings is 1. The van der Waals surface area contributed by atoms with Crippen LogP contribution in [0.4, 0.5) is 0 Å². The fourth-order valence-corrected chi connectivity index (χ4v) is 4.75. The largest absolute Gasteiger partial charge is 0.480 e. The number of aliphatic carboxylic acids is 1. The zero-order valence-corrected chi connectivity index (χ0v) is 13.0. The van der Waals surface area contributed by atoms with E-state index in [0.717, 1.165) is 32.1 Å². The molecule has 116 valence electrons. The second kappa shape index (κ2) is 6.58. The molecule has 0 radical (unpaired) electrons. The lowest BCUT2D eigenvalue weighted by atomic mass is 9.95. The van der Waals surface area contributed by atoms with Gasteiger partial charge < -0.3 is 5.11 Å². The van der Waals surface area contributed by atoms with Gasteiger partial charge in [0, 0.05) is 6.04 Å². The molecule has 1 aliphatic rings. The predicted octanol–water partition coefficient (Wildman–Crippen LogP) is 2.40. The number of carbonyl (C=O) groups is 1. The van der Waals surface area contributed by atoms with Crippen molar-refractivity contribution in [2.75, 3.05) is 6.54 Å². The summed E-state index contributed by atoms with van der Waals surface area (Å²) < 4.78 is 26.9. The van der Waals surface area contributed by atoms with Crippen LogP contribution in [0.2, 0.25) is 0 Å². The van der Waals surface area contributed by atoms with Gasteiger partial charge in [0.25, 0.3) is 0 Å². The predicted molar refractivity (Wildman–Crippen MR) is 79.6 cm³/mol. The maximum atomic E-state index is 12.9. The van der Waals surface area contributed by atoms with E-state index in [2.05, 4.69) is 0 Å². The number of carboxylic acid groups (broad SMARTS) is 1. The SMILES string of the molecule is Cc1ccccc1S(=O)(=O)N(CC(=O)O)C1CCCCC1. The topological polar surface area (TPSA) is 74.7 Å². The first-order valence-electron chi connectivity index (χ1n) is 7.22. The van der Waals surface area contributed by atoms with E-state index >= 15 is 0 Å². The van der Waals surface area contributed by atoms with Crippen molar-refractivity contribution in [3.05, 3.63) is 29.8 Å². The molecule has 6 heteroatoms. The lowest BCUT2D eigenvalue weighted by Crippen LogP contribution is -2.44. The van der Waals surface area contributed by atoms with E-state index in [1.54, 1.807) is 31.2 Å². The van der Waals surface area contributed by atoms with Gasteiger partial charge in [-0.1, -0.05) is 37.5 Å². The van der Waals surface area contributed by atoms with Crippen molar-refractivity contribution in [3.8, 4) is 0 Å². The van der Waals surface area contributed by atoms with E-state index in [9.17, 15) is 13.2 Å². The van der Waals surface area contributed by atoms with Crippen LogP contribution >= 0.6 is 0 Å².